The van der Waals surface area contributed by atoms with Gasteiger partial charge in [-0.1, -0.05) is 6.92 Å². The van der Waals surface area contributed by atoms with Crippen LogP contribution in [0.25, 0.3) is 0 Å². The summed E-state index contributed by atoms with van der Waals surface area (Å²) in [5, 5.41) is 11.2. The second-order valence-electron chi connectivity index (χ2n) is 5.83. The molecule has 0 bridgehead atoms. The molecule has 0 aromatic heterocycles. The molecule has 0 aromatic rings. The number of carbonyl (C=O) groups excluding carboxylic acids is 1. The first-order valence-corrected chi connectivity index (χ1v) is 6.90. The highest BCUT2D eigenvalue weighted by molar-refractivity contribution is 5.87. The summed E-state index contributed by atoms with van der Waals surface area (Å²) in [5.41, 5.74) is 0. The number of hydrogen-bond donors (Lipinski definition) is 0. The van der Waals surface area contributed by atoms with Crippen LogP contribution in [0.3, 0.4) is 0 Å². The fourth-order valence-electron chi connectivity index (χ4n) is 3.59. The Labute approximate surface area is 108 Å². The van der Waals surface area contributed by atoms with E-state index in [0.29, 0.717) is 6.42 Å². The lowest BCUT2D eigenvalue weighted by atomic mass is 9.73. The molecule has 1 aliphatic heterocycles. The van der Waals surface area contributed by atoms with Gasteiger partial charge in [0.1, 0.15) is 0 Å². The molecule has 2 rings (SSSR count). The van der Waals surface area contributed by atoms with Crippen LogP contribution in [0.1, 0.15) is 39.0 Å². The summed E-state index contributed by atoms with van der Waals surface area (Å²) in [7, 11) is 1.95. The third-order valence-electron chi connectivity index (χ3n) is 4.64. The minimum Gasteiger partial charge on any atom is -0.297 e. The number of hydrogen-bond acceptors (Lipinski definition) is 4. The number of likely N-dealkylation sites (N-methyl/N-ethyl adjacent to an activating group) is 1. The summed E-state index contributed by atoms with van der Waals surface area (Å²) in [6, 6.07) is -0.742. The van der Waals surface area contributed by atoms with Gasteiger partial charge in [0.2, 0.25) is 6.04 Å². The molecule has 0 amide bonds. The largest absolute Gasteiger partial charge is 0.297 e. The Bertz CT molecular complexity index is 345. The third kappa shape index (κ3) is 2.41. The molecule has 2 aliphatic rings. The predicted molar refractivity (Wildman–Crippen MR) is 67.9 cm³/mol. The molecule has 18 heavy (non-hydrogen) atoms. The summed E-state index contributed by atoms with van der Waals surface area (Å²) in [5.74, 6) is -0.112. The van der Waals surface area contributed by atoms with Gasteiger partial charge in [0, 0.05) is 11.3 Å². The fourth-order valence-corrected chi connectivity index (χ4v) is 3.59. The second-order valence-corrected chi connectivity index (χ2v) is 5.83. The van der Waals surface area contributed by atoms with Crippen molar-refractivity contribution in [1.29, 1.82) is 0 Å². The van der Waals surface area contributed by atoms with Crippen LogP contribution in [-0.2, 0) is 4.79 Å². The van der Waals surface area contributed by atoms with Gasteiger partial charge in [-0.2, -0.15) is 0 Å². The van der Waals surface area contributed by atoms with E-state index in [9.17, 15) is 14.9 Å². The van der Waals surface area contributed by atoms with Crippen molar-refractivity contribution < 1.29 is 9.72 Å². The Balaban J connectivity index is 2.16. The molecule has 1 saturated heterocycles. The number of nitrogens with zero attached hydrogens (tertiary/aromatic N) is 2. The number of likely N-dealkylation sites (tertiary alicyclic amines) is 1. The molecule has 2 fully saturated rings. The highest BCUT2D eigenvalue weighted by Crippen LogP contribution is 2.35. The zero-order chi connectivity index (χ0) is 13.3. The first kappa shape index (κ1) is 13.5. The Morgan fingerprint density at radius 3 is 2.56 bits per heavy atom. The van der Waals surface area contributed by atoms with Gasteiger partial charge >= 0.3 is 0 Å². The molecule has 102 valence electrons. The number of ketones is 1. The third-order valence-corrected chi connectivity index (χ3v) is 4.64. The predicted octanol–water partition coefficient (Wildman–Crippen LogP) is 1.73. The van der Waals surface area contributed by atoms with Crippen LogP contribution >= 0.6 is 0 Å². The van der Waals surface area contributed by atoms with Crippen molar-refractivity contribution in [3.05, 3.63) is 10.1 Å². The topological polar surface area (TPSA) is 63.5 Å². The zero-order valence-corrected chi connectivity index (χ0v) is 11.2. The van der Waals surface area contributed by atoms with E-state index in [1.807, 2.05) is 14.0 Å². The highest BCUT2D eigenvalue weighted by Gasteiger charge is 2.46. The number of nitro groups is 1. The van der Waals surface area contributed by atoms with Gasteiger partial charge in [0.05, 0.1) is 12.0 Å². The standard InChI is InChI=1S/C13H22N2O3/c1-9-5-3-6-10(15(17)18)12(9)13(16)11-7-4-8-14(11)2/h9-12H,3-8H2,1-2H3/t9?,10?,11-,12?/m1/s1. The summed E-state index contributed by atoms with van der Waals surface area (Å²) < 4.78 is 0. The van der Waals surface area contributed by atoms with Crippen LogP contribution in [0.5, 0.6) is 0 Å². The van der Waals surface area contributed by atoms with E-state index in [4.69, 9.17) is 0 Å². The summed E-state index contributed by atoms with van der Waals surface area (Å²) in [6.07, 6.45) is 4.26. The Morgan fingerprint density at radius 1 is 1.28 bits per heavy atom. The van der Waals surface area contributed by atoms with Gasteiger partial charge in [-0.25, -0.2) is 0 Å². The molecule has 1 heterocycles. The van der Waals surface area contributed by atoms with Crippen LogP contribution < -0.4 is 0 Å². The van der Waals surface area contributed by atoms with Crippen molar-refractivity contribution in [2.45, 2.75) is 51.1 Å². The van der Waals surface area contributed by atoms with Crippen LogP contribution in [0, 0.1) is 22.0 Å². The van der Waals surface area contributed by atoms with E-state index in [2.05, 4.69) is 4.90 Å². The molecular weight excluding hydrogens is 232 g/mol. The van der Waals surface area contributed by atoms with Gasteiger partial charge in [-0.05, 0) is 45.2 Å². The Kier molecular flexibility index (Phi) is 4.00. The number of carbonyl (C=O) groups is 1. The summed E-state index contributed by atoms with van der Waals surface area (Å²) >= 11 is 0. The maximum Gasteiger partial charge on any atom is 0.223 e. The average Bonchev–Trinajstić information content (AvgIpc) is 2.74. The van der Waals surface area contributed by atoms with Crippen molar-refractivity contribution >= 4 is 5.78 Å². The molecule has 3 unspecified atom stereocenters. The zero-order valence-electron chi connectivity index (χ0n) is 11.2. The van der Waals surface area contributed by atoms with Crippen LogP contribution in [0.4, 0.5) is 0 Å². The number of Topliss-reactive ketones (excluding diaryl/α,β-unsaturated/α-hetero) is 1. The molecule has 4 atom stereocenters. The van der Waals surface area contributed by atoms with E-state index >= 15 is 0 Å². The lowest BCUT2D eigenvalue weighted by Gasteiger charge is -2.33. The van der Waals surface area contributed by atoms with Crippen molar-refractivity contribution in [2.24, 2.45) is 11.8 Å². The maximum absolute atomic E-state index is 12.6. The average molecular weight is 254 g/mol. The lowest BCUT2D eigenvalue weighted by molar-refractivity contribution is -0.534. The van der Waals surface area contributed by atoms with Crippen molar-refractivity contribution in [2.75, 3.05) is 13.6 Å². The maximum atomic E-state index is 12.6. The van der Waals surface area contributed by atoms with Crippen LogP contribution in [-0.4, -0.2) is 41.3 Å². The summed E-state index contributed by atoms with van der Waals surface area (Å²) in [6.45, 7) is 2.92. The first-order valence-electron chi connectivity index (χ1n) is 6.90. The number of rotatable bonds is 3. The molecule has 5 nitrogen and oxygen atoms in total. The molecule has 0 aromatic carbocycles. The van der Waals surface area contributed by atoms with E-state index in [0.717, 1.165) is 32.2 Å². The van der Waals surface area contributed by atoms with E-state index in [-0.39, 0.29) is 28.6 Å². The SMILES string of the molecule is CC1CCCC([N+](=O)[O-])C1C(=O)[C@H]1CCCN1C. The molecule has 5 heteroatoms. The van der Waals surface area contributed by atoms with E-state index < -0.39 is 6.04 Å². The smallest absolute Gasteiger partial charge is 0.223 e. The monoisotopic (exact) mass is 254 g/mol. The first-order chi connectivity index (χ1) is 8.52. The molecule has 1 saturated carbocycles. The highest BCUT2D eigenvalue weighted by atomic mass is 16.6. The van der Waals surface area contributed by atoms with E-state index in [1.54, 1.807) is 0 Å². The lowest BCUT2D eigenvalue weighted by Crippen LogP contribution is -2.48. The molecule has 0 radical (unpaired) electrons. The van der Waals surface area contributed by atoms with Crippen LogP contribution in [0.15, 0.2) is 0 Å². The summed E-state index contributed by atoms with van der Waals surface area (Å²) in [4.78, 5) is 25.6. The molecule has 0 N–H and O–H groups in total. The molecule has 0 spiro atoms. The minimum atomic E-state index is -0.657. The quantitative estimate of drug-likeness (QED) is 0.568. The van der Waals surface area contributed by atoms with Gasteiger partial charge in [-0.3, -0.25) is 19.8 Å². The Morgan fingerprint density at radius 2 is 2.00 bits per heavy atom. The van der Waals surface area contributed by atoms with Crippen molar-refractivity contribution in [3.63, 3.8) is 0 Å². The molecule has 1 aliphatic carbocycles. The normalized spacial score (nSPS) is 37.7. The fraction of sp³-hybridized carbons (Fsp3) is 0.923. The van der Waals surface area contributed by atoms with Gasteiger partial charge in [0.15, 0.2) is 5.78 Å². The van der Waals surface area contributed by atoms with Gasteiger partial charge < -0.3 is 0 Å². The van der Waals surface area contributed by atoms with Crippen LogP contribution in [0.2, 0.25) is 0 Å². The molecular formula is C13H22N2O3. The van der Waals surface area contributed by atoms with Gasteiger partial charge in [-0.15, -0.1) is 0 Å². The van der Waals surface area contributed by atoms with E-state index in [1.165, 1.54) is 0 Å². The minimum absolute atomic E-state index is 0.0852. The van der Waals surface area contributed by atoms with Gasteiger partial charge in [0.25, 0.3) is 0 Å². The van der Waals surface area contributed by atoms with Crippen molar-refractivity contribution in [1.82, 2.24) is 4.90 Å². The Hall–Kier alpha value is -0.970. The second kappa shape index (κ2) is 5.34. The van der Waals surface area contributed by atoms with Crippen molar-refractivity contribution in [3.8, 4) is 0 Å².